The summed E-state index contributed by atoms with van der Waals surface area (Å²) in [6, 6.07) is 9.90. The Labute approximate surface area is 187 Å². The highest BCUT2D eigenvalue weighted by Gasteiger charge is 2.53. The Bertz CT molecular complexity index is 867. The Morgan fingerprint density at radius 3 is 2.68 bits per heavy atom. The van der Waals surface area contributed by atoms with Gasteiger partial charge in [0.15, 0.2) is 23.2 Å². The maximum atomic E-state index is 10.7. The maximum absolute atomic E-state index is 10.7. The van der Waals surface area contributed by atoms with Crippen LogP contribution in [-0.4, -0.2) is 87.0 Å². The second-order valence-electron chi connectivity index (χ2n) is 7.97. The van der Waals surface area contributed by atoms with Crippen LogP contribution in [-0.2, 0) is 11.2 Å². The summed E-state index contributed by atoms with van der Waals surface area (Å²) in [5, 5.41) is 33.8. The van der Waals surface area contributed by atoms with E-state index in [1.165, 1.54) is 6.34 Å². The van der Waals surface area contributed by atoms with Crippen LogP contribution < -0.4 is 5.32 Å². The number of nitrogens with zero attached hydrogens (tertiary/aromatic N) is 4. The quantitative estimate of drug-likeness (QED) is 0.286. The number of amidine groups is 1. The number of aliphatic imine (C=N–C) groups is 3. The molecule has 4 N–H and O–H groups in total. The Hall–Kier alpha value is -1.82. The van der Waals surface area contributed by atoms with Crippen LogP contribution in [0, 0.1) is 0 Å². The van der Waals surface area contributed by atoms with E-state index in [9.17, 15) is 15.3 Å². The van der Waals surface area contributed by atoms with E-state index >= 15 is 0 Å². The van der Waals surface area contributed by atoms with Gasteiger partial charge < -0.3 is 20.1 Å². The van der Waals surface area contributed by atoms with Gasteiger partial charge in [0.25, 0.3) is 0 Å². The van der Waals surface area contributed by atoms with Crippen LogP contribution in [0.3, 0.4) is 0 Å². The van der Waals surface area contributed by atoms with Gasteiger partial charge in [-0.15, -0.1) is 12.6 Å². The van der Waals surface area contributed by atoms with Crippen LogP contribution in [0.4, 0.5) is 0 Å². The molecule has 0 bridgehead atoms. The summed E-state index contributed by atoms with van der Waals surface area (Å²) in [4.78, 5) is 14.6. The molecule has 3 aliphatic heterocycles. The normalized spacial score (nSPS) is 34.6. The van der Waals surface area contributed by atoms with E-state index in [2.05, 4.69) is 22.2 Å². The zero-order valence-electron chi connectivity index (χ0n) is 17.4. The maximum Gasteiger partial charge on any atom is 0.180 e. The minimum atomic E-state index is -1.23. The number of hydrogen-bond acceptors (Lipinski definition) is 10. The van der Waals surface area contributed by atoms with E-state index in [0.29, 0.717) is 24.5 Å². The van der Waals surface area contributed by atoms with Crippen LogP contribution in [0.5, 0.6) is 0 Å². The summed E-state index contributed by atoms with van der Waals surface area (Å²) in [7, 11) is 0. The molecule has 3 aliphatic rings. The van der Waals surface area contributed by atoms with Crippen molar-refractivity contribution >= 4 is 30.5 Å². The van der Waals surface area contributed by atoms with Gasteiger partial charge in [-0.25, -0.2) is 15.0 Å². The molecule has 0 saturated carbocycles. The largest absolute Gasteiger partial charge is 0.394 e. The number of thiol groups is 1. The Kier molecular flexibility index (Phi) is 6.75. The lowest BCUT2D eigenvalue weighted by atomic mass is 10.00. The fraction of sp³-hybridized carbons (Fsp3) is 0.571. The molecule has 168 valence electrons. The predicted molar refractivity (Wildman–Crippen MR) is 122 cm³/mol. The molecule has 3 heterocycles. The third-order valence-electron chi connectivity index (χ3n) is 5.74. The highest BCUT2D eigenvalue weighted by atomic mass is 32.1. The second kappa shape index (κ2) is 9.35. The highest BCUT2D eigenvalue weighted by Crippen LogP contribution is 2.35. The van der Waals surface area contributed by atoms with Gasteiger partial charge in [-0.3, -0.25) is 10.2 Å². The molecule has 31 heavy (non-hydrogen) atoms. The highest BCUT2D eigenvalue weighted by molar-refractivity contribution is 7.83. The number of ether oxygens (including phenoxy) is 1. The Morgan fingerprint density at radius 1 is 1.23 bits per heavy atom. The molecule has 0 radical (unpaired) electrons. The van der Waals surface area contributed by atoms with E-state index in [1.807, 2.05) is 30.3 Å². The topological polar surface area (TPSA) is 122 Å². The Morgan fingerprint density at radius 2 is 2.00 bits per heavy atom. The van der Waals surface area contributed by atoms with Crippen LogP contribution in [0.25, 0.3) is 0 Å². The molecule has 2 unspecified atom stereocenters. The monoisotopic (exact) mass is 447 g/mol. The van der Waals surface area contributed by atoms with Gasteiger partial charge in [0, 0.05) is 6.42 Å². The minimum absolute atomic E-state index is 0.400. The molecule has 0 aromatic heterocycles. The summed E-state index contributed by atoms with van der Waals surface area (Å²) in [6.07, 6.45) is -0.887. The van der Waals surface area contributed by atoms with Gasteiger partial charge in [-0.2, -0.15) is 0 Å². The first-order chi connectivity index (χ1) is 15.0. The molecule has 1 saturated heterocycles. The van der Waals surface area contributed by atoms with Crippen molar-refractivity contribution in [1.29, 1.82) is 0 Å². The summed E-state index contributed by atoms with van der Waals surface area (Å²) < 4.78 is 5.80. The van der Waals surface area contributed by atoms with Crippen LogP contribution in [0.1, 0.15) is 25.3 Å². The molecule has 1 aromatic rings. The third-order valence-corrected chi connectivity index (χ3v) is 6.23. The van der Waals surface area contributed by atoms with Crippen LogP contribution in [0.2, 0.25) is 0 Å². The standard InChI is InChI=1S/C21H29N5O4S/c1-2-3-9-22-20-25-17-18(26(20)19-16(29)15(28)14(11-27)30-19)23-12-24-21(17,31)10-13-7-5-4-6-8-13/h4-8,12,14-16,19-20,22,27-29,31H,2-3,9-11H2,1H3/t14-,15-,16-,19-,20?,21?/m1/s1. The van der Waals surface area contributed by atoms with Gasteiger partial charge in [-0.1, -0.05) is 43.7 Å². The summed E-state index contributed by atoms with van der Waals surface area (Å²) in [5.41, 5.74) is 1.63. The first-order valence-electron chi connectivity index (χ1n) is 10.6. The van der Waals surface area contributed by atoms with Crippen LogP contribution >= 0.6 is 12.6 Å². The van der Waals surface area contributed by atoms with Crippen molar-refractivity contribution in [3.05, 3.63) is 35.9 Å². The predicted octanol–water partition coefficient (Wildman–Crippen LogP) is 0.164. The van der Waals surface area contributed by atoms with Crippen molar-refractivity contribution in [3.63, 3.8) is 0 Å². The summed E-state index contributed by atoms with van der Waals surface area (Å²) >= 11 is 4.89. The molecule has 1 aromatic carbocycles. The zero-order chi connectivity index (χ0) is 22.0. The first-order valence-corrected chi connectivity index (χ1v) is 11.0. The SMILES string of the molecule is CCCCNC1N=C2C(=NC=NC2(S)Cc2ccccc2)N1[C@@H]1O[C@H](CO)[C@@H](O)[C@H]1O. The number of benzene rings is 1. The van der Waals surface area contributed by atoms with Gasteiger partial charge >= 0.3 is 0 Å². The smallest absolute Gasteiger partial charge is 0.180 e. The number of aliphatic hydroxyl groups is 3. The molecule has 0 aliphatic carbocycles. The lowest BCUT2D eigenvalue weighted by molar-refractivity contribution is -0.0833. The molecule has 6 atom stereocenters. The van der Waals surface area contributed by atoms with Gasteiger partial charge in [-0.05, 0) is 18.5 Å². The average Bonchev–Trinajstić information content (AvgIpc) is 3.27. The number of nitrogens with one attached hydrogen (secondary N) is 1. The van der Waals surface area contributed by atoms with Crippen molar-refractivity contribution < 1.29 is 20.1 Å². The number of rotatable bonds is 8. The lowest BCUT2D eigenvalue weighted by Gasteiger charge is -2.35. The van der Waals surface area contributed by atoms with E-state index in [4.69, 9.17) is 22.4 Å². The van der Waals surface area contributed by atoms with Crippen molar-refractivity contribution in [2.45, 2.75) is 61.9 Å². The number of hydrogen-bond donors (Lipinski definition) is 5. The van der Waals surface area contributed by atoms with E-state index in [0.717, 1.165) is 18.4 Å². The first kappa shape index (κ1) is 22.4. The molecule has 0 amide bonds. The van der Waals surface area contributed by atoms with E-state index in [1.54, 1.807) is 4.90 Å². The summed E-state index contributed by atoms with van der Waals surface area (Å²) in [5.74, 6) is 0.491. The average molecular weight is 448 g/mol. The van der Waals surface area contributed by atoms with Gasteiger partial charge in [0.1, 0.15) is 30.4 Å². The van der Waals surface area contributed by atoms with Crippen molar-refractivity contribution in [1.82, 2.24) is 10.2 Å². The molecule has 4 rings (SSSR count). The van der Waals surface area contributed by atoms with Gasteiger partial charge in [0.2, 0.25) is 0 Å². The number of unbranched alkanes of at least 4 members (excludes halogenated alkanes) is 1. The van der Waals surface area contributed by atoms with Crippen molar-refractivity contribution in [2.75, 3.05) is 13.2 Å². The third kappa shape index (κ3) is 4.28. The molecule has 9 nitrogen and oxygen atoms in total. The fourth-order valence-electron chi connectivity index (χ4n) is 4.06. The Balaban J connectivity index is 1.65. The fourth-order valence-corrected chi connectivity index (χ4v) is 4.45. The molecule has 10 heteroatoms. The molecular weight excluding hydrogens is 418 g/mol. The summed E-state index contributed by atoms with van der Waals surface area (Å²) in [6.45, 7) is 2.40. The number of fused-ring (bicyclic) bond motifs is 1. The minimum Gasteiger partial charge on any atom is -0.394 e. The van der Waals surface area contributed by atoms with Crippen LogP contribution in [0.15, 0.2) is 45.3 Å². The molecular formula is C21H29N5O4S. The molecule has 1 fully saturated rings. The second-order valence-corrected chi connectivity index (χ2v) is 8.71. The molecule has 0 spiro atoms. The van der Waals surface area contributed by atoms with Crippen molar-refractivity contribution in [3.8, 4) is 0 Å². The zero-order valence-corrected chi connectivity index (χ0v) is 18.3. The van der Waals surface area contributed by atoms with E-state index < -0.39 is 42.3 Å². The van der Waals surface area contributed by atoms with Gasteiger partial charge in [0.05, 0.1) is 6.61 Å². The van der Waals surface area contributed by atoms with Crippen molar-refractivity contribution in [2.24, 2.45) is 15.0 Å². The number of aliphatic hydroxyl groups excluding tert-OH is 3. The van der Waals surface area contributed by atoms with E-state index in [-0.39, 0.29) is 0 Å². The lowest BCUT2D eigenvalue weighted by Crippen LogP contribution is -2.56.